The van der Waals surface area contributed by atoms with Crippen molar-refractivity contribution in [3.63, 3.8) is 0 Å². The first-order valence-electron chi connectivity index (χ1n) is 13.0. The number of piperidine rings is 1. The Bertz CT molecular complexity index is 1620. The van der Waals surface area contributed by atoms with E-state index in [1.807, 2.05) is 0 Å². The van der Waals surface area contributed by atoms with E-state index in [4.69, 9.17) is 9.47 Å². The average molecular weight is 593 g/mol. The van der Waals surface area contributed by atoms with E-state index in [0.717, 1.165) is 0 Å². The fourth-order valence-electron chi connectivity index (χ4n) is 5.20. The monoisotopic (exact) mass is 592 g/mol. The van der Waals surface area contributed by atoms with Crippen LogP contribution in [-0.4, -0.2) is 89.8 Å². The summed E-state index contributed by atoms with van der Waals surface area (Å²) in [6, 6.07) is 10.6. The van der Waals surface area contributed by atoms with E-state index >= 15 is 0 Å². The molecular formula is C26H32N4O8S2. The Morgan fingerprint density at radius 1 is 1.15 bits per heavy atom. The van der Waals surface area contributed by atoms with Gasteiger partial charge in [0.25, 0.3) is 5.91 Å². The number of aliphatic hydroxyl groups excluding tert-OH is 1. The van der Waals surface area contributed by atoms with Crippen LogP contribution < -0.4 is 25.4 Å². The van der Waals surface area contributed by atoms with Gasteiger partial charge < -0.3 is 19.9 Å². The highest BCUT2D eigenvalue weighted by Gasteiger charge is 2.44. The molecule has 0 bridgehead atoms. The Hall–Kier alpha value is -2.72. The Labute approximate surface area is 232 Å². The molecule has 3 heterocycles. The molecule has 0 radical (unpaired) electrons. The molecular weight excluding hydrogens is 560 g/mol. The van der Waals surface area contributed by atoms with Crippen LogP contribution in [-0.2, 0) is 29.6 Å². The maximum absolute atomic E-state index is 13.2. The molecule has 1 unspecified atom stereocenters. The van der Waals surface area contributed by atoms with Gasteiger partial charge in [0.05, 0.1) is 27.4 Å². The predicted molar refractivity (Wildman–Crippen MR) is 144 cm³/mol. The van der Waals surface area contributed by atoms with Gasteiger partial charge in [0.1, 0.15) is 18.5 Å². The van der Waals surface area contributed by atoms with Crippen LogP contribution in [0.1, 0.15) is 19.3 Å². The van der Waals surface area contributed by atoms with E-state index in [2.05, 4.69) is 15.0 Å². The van der Waals surface area contributed by atoms with Gasteiger partial charge in [-0.1, -0.05) is 6.07 Å². The number of benzene rings is 2. The van der Waals surface area contributed by atoms with E-state index in [1.54, 1.807) is 18.2 Å². The second kappa shape index (κ2) is 11.3. The predicted octanol–water partition coefficient (Wildman–Crippen LogP) is -1.12. The summed E-state index contributed by atoms with van der Waals surface area (Å²) in [6.07, 6.45) is 2.29. The molecule has 1 spiro atoms. The van der Waals surface area contributed by atoms with Gasteiger partial charge in [-0.3, -0.25) is 4.79 Å². The van der Waals surface area contributed by atoms with Crippen molar-refractivity contribution in [2.75, 3.05) is 39.9 Å². The molecule has 2 aromatic carbocycles. The molecule has 0 aromatic heterocycles. The van der Waals surface area contributed by atoms with Gasteiger partial charge >= 0.3 is 0 Å². The van der Waals surface area contributed by atoms with Crippen molar-refractivity contribution in [3.05, 3.63) is 53.0 Å². The zero-order valence-electron chi connectivity index (χ0n) is 21.9. The van der Waals surface area contributed by atoms with Crippen LogP contribution in [0.15, 0.2) is 57.2 Å². The molecule has 216 valence electrons. The van der Waals surface area contributed by atoms with Crippen molar-refractivity contribution < 1.29 is 36.2 Å². The van der Waals surface area contributed by atoms with Crippen molar-refractivity contribution in [3.8, 4) is 5.75 Å². The van der Waals surface area contributed by atoms with Gasteiger partial charge in [-0.2, -0.15) is 4.31 Å². The third-order valence-electron chi connectivity index (χ3n) is 7.46. The number of hydrogen-bond acceptors (Lipinski definition) is 9. The lowest BCUT2D eigenvalue weighted by Gasteiger charge is -2.38. The minimum atomic E-state index is -3.72. The summed E-state index contributed by atoms with van der Waals surface area (Å²) in [6.45, 7) is 1.31. The smallest absolute Gasteiger partial charge is 0.270 e. The molecule has 2 atom stereocenters. The second-order valence-corrected chi connectivity index (χ2v) is 14.0. The Kier molecular flexibility index (Phi) is 8.12. The minimum absolute atomic E-state index is 0.00422. The van der Waals surface area contributed by atoms with Crippen molar-refractivity contribution >= 4 is 32.0 Å². The molecule has 2 aromatic rings. The van der Waals surface area contributed by atoms with E-state index < -0.39 is 37.7 Å². The number of rotatable bonds is 10. The van der Waals surface area contributed by atoms with Gasteiger partial charge in [0.2, 0.25) is 20.0 Å². The highest BCUT2D eigenvalue weighted by atomic mass is 32.2. The number of hydrogen-bond donors (Lipinski definition) is 3. The molecule has 2 fully saturated rings. The van der Waals surface area contributed by atoms with Crippen LogP contribution in [0.2, 0.25) is 0 Å². The number of aliphatic hydroxyl groups is 1. The highest BCUT2D eigenvalue weighted by Crippen LogP contribution is 2.37. The first-order valence-corrected chi connectivity index (χ1v) is 15.9. The summed E-state index contributed by atoms with van der Waals surface area (Å²) in [5.41, 5.74) is -0.429. The molecule has 2 saturated heterocycles. The van der Waals surface area contributed by atoms with Crippen LogP contribution in [0.5, 0.6) is 5.75 Å². The standard InChI is InChI=1S/C26H32N4O8S2/c1-27-39(33,34)22-4-2-3-21(13-22)37-17-20(31)15-28-19-14-26(38-16-19)7-9-30(10-8-26)40(35,36)23-5-6-24-18(11-23)12-25(32)29-24/h2-6,11-13,19-20,27-28,31H,7-10,14-17H2,1H3/t19?,20-/m0/s1. The number of amides is 1. The van der Waals surface area contributed by atoms with Crippen LogP contribution >= 0.6 is 0 Å². The summed E-state index contributed by atoms with van der Waals surface area (Å²) in [7, 11) is -5.98. The molecule has 40 heavy (non-hydrogen) atoms. The number of carbonyl (C=O) groups excluding carboxylic acids is 1. The minimum Gasteiger partial charge on any atom is -0.491 e. The average Bonchev–Trinajstić information content (AvgIpc) is 3.52. The van der Waals surface area contributed by atoms with Crippen LogP contribution in [0.4, 0.5) is 0 Å². The summed E-state index contributed by atoms with van der Waals surface area (Å²) < 4.78 is 65.8. The van der Waals surface area contributed by atoms with Gasteiger partial charge in [0, 0.05) is 43.0 Å². The molecule has 3 aliphatic heterocycles. The van der Waals surface area contributed by atoms with Crippen LogP contribution in [0.3, 0.4) is 0 Å². The van der Waals surface area contributed by atoms with Gasteiger partial charge in [-0.25, -0.2) is 26.6 Å². The third-order valence-corrected chi connectivity index (χ3v) is 10.8. The van der Waals surface area contributed by atoms with E-state index in [9.17, 15) is 26.7 Å². The third kappa shape index (κ3) is 6.12. The summed E-state index contributed by atoms with van der Waals surface area (Å²) >= 11 is 0. The number of ether oxygens (including phenoxy) is 2. The normalized spacial score (nSPS) is 21.6. The zero-order valence-corrected chi connectivity index (χ0v) is 23.6. The molecule has 0 aliphatic carbocycles. The molecule has 1 amide bonds. The Morgan fingerprint density at radius 2 is 1.93 bits per heavy atom. The van der Waals surface area contributed by atoms with Crippen molar-refractivity contribution in [1.82, 2.24) is 14.3 Å². The molecule has 3 N–H and O–H groups in total. The summed E-state index contributed by atoms with van der Waals surface area (Å²) in [5, 5.41) is 14.7. The number of carbonyl (C=O) groups is 1. The van der Waals surface area contributed by atoms with Crippen LogP contribution in [0, 0.1) is 0 Å². The SMILES string of the molecule is CNS(=O)(=O)c1cccc(OC[C@@H](O)CNC2COC3(CCN(S(=O)(=O)c4ccc5c(c4)=CC(=O)N=5)CC3)C2)c1. The molecule has 12 nitrogen and oxygen atoms in total. The highest BCUT2D eigenvalue weighted by molar-refractivity contribution is 7.89. The maximum Gasteiger partial charge on any atom is 0.270 e. The molecule has 14 heteroatoms. The lowest BCUT2D eigenvalue weighted by molar-refractivity contribution is -0.112. The summed E-state index contributed by atoms with van der Waals surface area (Å²) in [4.78, 5) is 15.6. The topological polar surface area (TPSA) is 164 Å². The lowest BCUT2D eigenvalue weighted by Crippen LogP contribution is -2.47. The second-order valence-electron chi connectivity index (χ2n) is 10.2. The first kappa shape index (κ1) is 28.8. The zero-order chi connectivity index (χ0) is 28.5. The molecule has 3 aliphatic rings. The van der Waals surface area contributed by atoms with Gasteiger partial charge in [0.15, 0.2) is 0 Å². The number of nitrogens with one attached hydrogen (secondary N) is 2. The van der Waals surface area contributed by atoms with E-state index in [-0.39, 0.29) is 29.0 Å². The fraction of sp³-hybridized carbons (Fsp3) is 0.462. The Balaban J connectivity index is 1.09. The largest absolute Gasteiger partial charge is 0.491 e. The molecule has 5 rings (SSSR count). The lowest BCUT2D eigenvalue weighted by atomic mass is 9.88. The fourth-order valence-corrected chi connectivity index (χ4v) is 7.45. The van der Waals surface area contributed by atoms with Gasteiger partial charge in [-0.05, 0) is 56.6 Å². The van der Waals surface area contributed by atoms with Crippen molar-refractivity contribution in [2.45, 2.75) is 46.8 Å². The molecule has 0 saturated carbocycles. The Morgan fingerprint density at radius 3 is 2.67 bits per heavy atom. The van der Waals surface area contributed by atoms with Gasteiger partial charge in [-0.15, -0.1) is 0 Å². The number of nitrogens with zero attached hydrogens (tertiary/aromatic N) is 2. The summed E-state index contributed by atoms with van der Waals surface area (Å²) in [5.74, 6) is -0.0552. The van der Waals surface area contributed by atoms with Crippen LogP contribution in [0.25, 0.3) is 6.08 Å². The maximum atomic E-state index is 13.2. The number of sulfonamides is 2. The van der Waals surface area contributed by atoms with Crippen molar-refractivity contribution in [2.24, 2.45) is 4.99 Å². The quantitative estimate of drug-likeness (QED) is 0.310. The van der Waals surface area contributed by atoms with E-state index in [1.165, 1.54) is 41.7 Å². The van der Waals surface area contributed by atoms with Crippen molar-refractivity contribution in [1.29, 1.82) is 0 Å². The number of fused-ring (bicyclic) bond motifs is 1. The first-order chi connectivity index (χ1) is 19.0. The van der Waals surface area contributed by atoms with E-state index in [0.29, 0.717) is 55.3 Å².